The minimum Gasteiger partial charge on any atom is -0.455 e. The van der Waals surface area contributed by atoms with Crippen molar-refractivity contribution in [1.82, 2.24) is 0 Å². The average Bonchev–Trinajstić information content (AvgIpc) is 3.13. The van der Waals surface area contributed by atoms with Gasteiger partial charge in [0.25, 0.3) is 0 Å². The molecule has 1 aromatic heterocycles. The number of para-hydroxylation sites is 2. The minimum atomic E-state index is -0.0328. The van der Waals surface area contributed by atoms with Gasteiger partial charge in [0, 0.05) is 31.5 Å². The Morgan fingerprint density at radius 3 is 2.38 bits per heavy atom. The van der Waals surface area contributed by atoms with E-state index in [1.807, 2.05) is 23.9 Å². The van der Waals surface area contributed by atoms with Gasteiger partial charge in [0.15, 0.2) is 0 Å². The lowest BCUT2D eigenvalue weighted by atomic mass is 9.77. The van der Waals surface area contributed by atoms with Crippen LogP contribution in [0.15, 0.2) is 99.1 Å². The Balaban J connectivity index is 1.58. The van der Waals surface area contributed by atoms with E-state index in [4.69, 9.17) is 4.42 Å². The van der Waals surface area contributed by atoms with Crippen molar-refractivity contribution in [2.75, 3.05) is 0 Å². The molecule has 0 spiro atoms. The fourth-order valence-electron chi connectivity index (χ4n) is 4.58. The van der Waals surface area contributed by atoms with Crippen LogP contribution in [-0.4, -0.2) is 0 Å². The molecule has 0 aliphatic carbocycles. The molecule has 29 heavy (non-hydrogen) atoms. The van der Waals surface area contributed by atoms with E-state index in [2.05, 4.69) is 86.6 Å². The predicted octanol–water partition coefficient (Wildman–Crippen LogP) is 8.04. The van der Waals surface area contributed by atoms with Gasteiger partial charge in [-0.05, 0) is 41.0 Å². The molecule has 5 aromatic rings. The summed E-state index contributed by atoms with van der Waals surface area (Å²) in [5.74, 6) is 0. The molecule has 6 rings (SSSR count). The van der Waals surface area contributed by atoms with E-state index < -0.39 is 0 Å². The largest absolute Gasteiger partial charge is 0.455 e. The smallest absolute Gasteiger partial charge is 0.143 e. The van der Waals surface area contributed by atoms with Gasteiger partial charge in [-0.3, -0.25) is 0 Å². The van der Waals surface area contributed by atoms with Gasteiger partial charge in [0.05, 0.1) is 0 Å². The number of fused-ring (bicyclic) bond motifs is 5. The van der Waals surface area contributed by atoms with Gasteiger partial charge < -0.3 is 4.42 Å². The van der Waals surface area contributed by atoms with E-state index in [1.165, 1.54) is 37.3 Å². The molecule has 0 atom stereocenters. The Hall–Kier alpha value is -2.97. The topological polar surface area (TPSA) is 13.1 Å². The van der Waals surface area contributed by atoms with Crippen LogP contribution in [0.3, 0.4) is 0 Å². The summed E-state index contributed by atoms with van der Waals surface area (Å²) >= 11 is 1.87. The van der Waals surface area contributed by atoms with Crippen molar-refractivity contribution >= 4 is 33.7 Å². The van der Waals surface area contributed by atoms with Crippen molar-refractivity contribution in [3.8, 4) is 11.1 Å². The lowest BCUT2D eigenvalue weighted by Crippen LogP contribution is -2.23. The third-order valence-electron chi connectivity index (χ3n) is 6.15. The van der Waals surface area contributed by atoms with E-state index in [-0.39, 0.29) is 5.41 Å². The van der Waals surface area contributed by atoms with Crippen LogP contribution in [0.4, 0.5) is 0 Å². The minimum absolute atomic E-state index is 0.0328. The SMILES string of the molecule is CC1(C)c2ccccc2Sc2ccc(-c3cccc4c3oc3ccccc34)cc21. The number of rotatable bonds is 1. The Morgan fingerprint density at radius 2 is 1.45 bits per heavy atom. The zero-order valence-electron chi connectivity index (χ0n) is 16.4. The molecule has 2 heteroatoms. The number of hydrogen-bond donors (Lipinski definition) is 0. The highest BCUT2D eigenvalue weighted by Crippen LogP contribution is 2.50. The van der Waals surface area contributed by atoms with Crippen molar-refractivity contribution in [3.05, 3.63) is 96.1 Å². The van der Waals surface area contributed by atoms with Gasteiger partial charge >= 0.3 is 0 Å². The molecule has 0 N–H and O–H groups in total. The van der Waals surface area contributed by atoms with E-state index >= 15 is 0 Å². The molecule has 0 saturated carbocycles. The van der Waals surface area contributed by atoms with Crippen molar-refractivity contribution < 1.29 is 4.42 Å². The first kappa shape index (κ1) is 16.9. The number of hydrogen-bond acceptors (Lipinski definition) is 2. The summed E-state index contributed by atoms with van der Waals surface area (Å²) in [6.45, 7) is 4.66. The van der Waals surface area contributed by atoms with E-state index in [0.29, 0.717) is 0 Å². The summed E-state index contributed by atoms with van der Waals surface area (Å²) in [7, 11) is 0. The molecule has 140 valence electrons. The zero-order valence-corrected chi connectivity index (χ0v) is 17.2. The quantitative estimate of drug-likeness (QED) is 0.286. The first-order valence-electron chi connectivity index (χ1n) is 9.95. The Bertz CT molecular complexity index is 1410. The second kappa shape index (κ2) is 6.01. The zero-order chi connectivity index (χ0) is 19.6. The lowest BCUT2D eigenvalue weighted by molar-refractivity contribution is 0.607. The summed E-state index contributed by atoms with van der Waals surface area (Å²) in [6.07, 6.45) is 0. The highest BCUT2D eigenvalue weighted by Gasteiger charge is 2.33. The standard InChI is InChI=1S/C27H20OS/c1-27(2)21-11-4-6-13-24(21)29-25-15-14-17(16-22(25)27)18-9-7-10-20-19-8-3-5-12-23(19)28-26(18)20/h3-16H,1-2H3. The molecule has 0 amide bonds. The van der Waals surface area contributed by atoms with E-state index in [1.54, 1.807) is 0 Å². The first-order valence-corrected chi connectivity index (χ1v) is 10.8. The van der Waals surface area contributed by atoms with Crippen molar-refractivity contribution in [2.24, 2.45) is 0 Å². The van der Waals surface area contributed by atoms with Crippen LogP contribution >= 0.6 is 11.8 Å². The summed E-state index contributed by atoms with van der Waals surface area (Å²) in [5.41, 5.74) is 7.02. The van der Waals surface area contributed by atoms with Crippen LogP contribution in [0.5, 0.6) is 0 Å². The molecular weight excluding hydrogens is 372 g/mol. The lowest BCUT2D eigenvalue weighted by Gasteiger charge is -2.34. The fourth-order valence-corrected chi connectivity index (χ4v) is 5.96. The Labute approximate surface area is 174 Å². The maximum absolute atomic E-state index is 6.29. The summed E-state index contributed by atoms with van der Waals surface area (Å²) < 4.78 is 6.29. The van der Waals surface area contributed by atoms with Crippen molar-refractivity contribution in [2.45, 2.75) is 29.1 Å². The number of benzene rings is 4. The van der Waals surface area contributed by atoms with Crippen LogP contribution in [0.2, 0.25) is 0 Å². The molecule has 1 aliphatic rings. The van der Waals surface area contributed by atoms with Gasteiger partial charge in [-0.1, -0.05) is 86.3 Å². The van der Waals surface area contributed by atoms with Gasteiger partial charge in [0.2, 0.25) is 0 Å². The highest BCUT2D eigenvalue weighted by molar-refractivity contribution is 7.99. The molecule has 0 radical (unpaired) electrons. The molecule has 0 fully saturated rings. The second-order valence-corrected chi connectivity index (χ2v) is 9.30. The number of furan rings is 1. The van der Waals surface area contributed by atoms with Gasteiger partial charge in [-0.15, -0.1) is 0 Å². The summed E-state index contributed by atoms with van der Waals surface area (Å²) in [5, 5.41) is 2.35. The van der Waals surface area contributed by atoms with Gasteiger partial charge in [0.1, 0.15) is 11.2 Å². The van der Waals surface area contributed by atoms with Gasteiger partial charge in [-0.25, -0.2) is 0 Å². The van der Waals surface area contributed by atoms with Crippen molar-refractivity contribution in [1.29, 1.82) is 0 Å². The first-order chi connectivity index (χ1) is 14.1. The molecule has 1 aliphatic heterocycles. The third-order valence-corrected chi connectivity index (χ3v) is 7.30. The molecule has 0 bridgehead atoms. The van der Waals surface area contributed by atoms with Crippen LogP contribution in [0.25, 0.3) is 33.1 Å². The van der Waals surface area contributed by atoms with E-state index in [0.717, 1.165) is 16.7 Å². The second-order valence-electron chi connectivity index (χ2n) is 8.21. The molecular formula is C27H20OS. The molecule has 0 saturated heterocycles. The predicted molar refractivity (Wildman–Crippen MR) is 122 cm³/mol. The Morgan fingerprint density at radius 1 is 0.690 bits per heavy atom. The highest BCUT2D eigenvalue weighted by atomic mass is 32.2. The van der Waals surface area contributed by atoms with Crippen LogP contribution < -0.4 is 0 Å². The summed E-state index contributed by atoms with van der Waals surface area (Å²) in [6, 6.07) is 30.4. The third kappa shape index (κ3) is 2.42. The van der Waals surface area contributed by atoms with Crippen molar-refractivity contribution in [3.63, 3.8) is 0 Å². The normalized spacial score (nSPS) is 14.7. The Kier molecular flexibility index (Phi) is 3.51. The molecule has 0 unspecified atom stereocenters. The van der Waals surface area contributed by atoms with Gasteiger partial charge in [-0.2, -0.15) is 0 Å². The molecule has 1 nitrogen and oxygen atoms in total. The van der Waals surface area contributed by atoms with E-state index in [9.17, 15) is 0 Å². The van der Waals surface area contributed by atoms with Crippen LogP contribution in [0.1, 0.15) is 25.0 Å². The maximum Gasteiger partial charge on any atom is 0.143 e. The fraction of sp³-hybridized carbons (Fsp3) is 0.111. The maximum atomic E-state index is 6.29. The summed E-state index contributed by atoms with van der Waals surface area (Å²) in [4.78, 5) is 2.70. The monoisotopic (exact) mass is 392 g/mol. The average molecular weight is 393 g/mol. The molecule has 2 heterocycles. The molecule has 4 aromatic carbocycles. The van der Waals surface area contributed by atoms with Crippen LogP contribution in [0, 0.1) is 0 Å². The van der Waals surface area contributed by atoms with Crippen LogP contribution in [-0.2, 0) is 5.41 Å².